The standard InChI is InChI=1S/C24H22FN3O3/c1-16-23(24(30)28(27(16)2)17-8-4-3-5-9-17)26-22(29)15-13-18-12-14-21(31-18)19-10-6-7-11-20(19)25/h3-12,14H,13,15H2,1-2H3,(H,26,29). The van der Waals surface area contributed by atoms with Crippen LogP contribution in [0.3, 0.4) is 0 Å². The summed E-state index contributed by atoms with van der Waals surface area (Å²) >= 11 is 0. The molecule has 7 heteroatoms. The molecule has 0 atom stereocenters. The molecule has 0 fully saturated rings. The van der Waals surface area contributed by atoms with Crippen LogP contribution in [0.15, 0.2) is 75.9 Å². The molecule has 2 aromatic carbocycles. The zero-order chi connectivity index (χ0) is 22.0. The van der Waals surface area contributed by atoms with Crippen LogP contribution in [0, 0.1) is 12.7 Å². The molecule has 0 radical (unpaired) electrons. The largest absolute Gasteiger partial charge is 0.461 e. The number of rotatable bonds is 6. The van der Waals surface area contributed by atoms with E-state index < -0.39 is 0 Å². The van der Waals surface area contributed by atoms with Crippen LogP contribution >= 0.6 is 0 Å². The van der Waals surface area contributed by atoms with Crippen molar-refractivity contribution in [3.63, 3.8) is 0 Å². The maximum Gasteiger partial charge on any atom is 0.295 e. The van der Waals surface area contributed by atoms with Gasteiger partial charge in [0.15, 0.2) is 0 Å². The molecule has 0 aliphatic rings. The fourth-order valence-electron chi connectivity index (χ4n) is 3.47. The van der Waals surface area contributed by atoms with Gasteiger partial charge in [0.2, 0.25) is 5.91 Å². The minimum Gasteiger partial charge on any atom is -0.461 e. The lowest BCUT2D eigenvalue weighted by Gasteiger charge is -2.07. The third-order valence-electron chi connectivity index (χ3n) is 5.22. The monoisotopic (exact) mass is 419 g/mol. The Morgan fingerprint density at radius 2 is 1.74 bits per heavy atom. The molecule has 0 saturated heterocycles. The first kappa shape index (κ1) is 20.4. The van der Waals surface area contributed by atoms with Gasteiger partial charge in [-0.2, -0.15) is 0 Å². The van der Waals surface area contributed by atoms with Gasteiger partial charge in [0, 0.05) is 19.9 Å². The second-order valence-corrected chi connectivity index (χ2v) is 7.23. The highest BCUT2D eigenvalue weighted by Crippen LogP contribution is 2.25. The Morgan fingerprint density at radius 1 is 1.03 bits per heavy atom. The highest BCUT2D eigenvalue weighted by atomic mass is 19.1. The number of anilines is 1. The van der Waals surface area contributed by atoms with Gasteiger partial charge in [-0.3, -0.25) is 14.3 Å². The quantitative estimate of drug-likeness (QED) is 0.502. The van der Waals surface area contributed by atoms with Gasteiger partial charge in [-0.25, -0.2) is 9.07 Å². The number of aryl methyl sites for hydroxylation is 1. The number of carbonyl (C=O) groups excluding carboxylic acids is 1. The van der Waals surface area contributed by atoms with Crippen molar-refractivity contribution in [3.05, 3.63) is 94.4 Å². The zero-order valence-electron chi connectivity index (χ0n) is 17.3. The lowest BCUT2D eigenvalue weighted by Crippen LogP contribution is -2.23. The SMILES string of the molecule is Cc1c(NC(=O)CCc2ccc(-c3ccccc3F)o2)c(=O)n(-c2ccccc2)n1C. The van der Waals surface area contributed by atoms with Crippen molar-refractivity contribution in [3.8, 4) is 17.0 Å². The van der Waals surface area contributed by atoms with Gasteiger partial charge in [0.05, 0.1) is 16.9 Å². The van der Waals surface area contributed by atoms with Gasteiger partial charge >= 0.3 is 0 Å². The first-order valence-corrected chi connectivity index (χ1v) is 9.93. The molecular formula is C24H22FN3O3. The molecule has 2 aromatic heterocycles. The summed E-state index contributed by atoms with van der Waals surface area (Å²) in [7, 11) is 1.77. The Kier molecular flexibility index (Phi) is 5.58. The minimum absolute atomic E-state index is 0.128. The van der Waals surface area contributed by atoms with E-state index >= 15 is 0 Å². The highest BCUT2D eigenvalue weighted by Gasteiger charge is 2.18. The van der Waals surface area contributed by atoms with Crippen LogP contribution in [0.25, 0.3) is 17.0 Å². The van der Waals surface area contributed by atoms with E-state index in [1.165, 1.54) is 10.7 Å². The summed E-state index contributed by atoms with van der Waals surface area (Å²) < 4.78 is 22.8. The van der Waals surface area contributed by atoms with E-state index in [1.807, 2.05) is 30.3 Å². The smallest absolute Gasteiger partial charge is 0.295 e. The third kappa shape index (κ3) is 4.07. The number of halogens is 1. The first-order valence-electron chi connectivity index (χ1n) is 9.93. The summed E-state index contributed by atoms with van der Waals surface area (Å²) in [5.41, 5.74) is 1.71. The van der Waals surface area contributed by atoms with Crippen molar-refractivity contribution in [1.82, 2.24) is 9.36 Å². The van der Waals surface area contributed by atoms with Crippen LogP contribution in [0.1, 0.15) is 17.9 Å². The number of benzene rings is 2. The van der Waals surface area contributed by atoms with Crippen molar-refractivity contribution in [2.24, 2.45) is 7.05 Å². The maximum absolute atomic E-state index is 13.9. The summed E-state index contributed by atoms with van der Waals surface area (Å²) in [6.07, 6.45) is 0.461. The summed E-state index contributed by atoms with van der Waals surface area (Å²) in [6, 6.07) is 19.0. The van der Waals surface area contributed by atoms with Crippen molar-refractivity contribution >= 4 is 11.6 Å². The fraction of sp³-hybridized carbons (Fsp3) is 0.167. The molecular weight excluding hydrogens is 397 g/mol. The predicted octanol–water partition coefficient (Wildman–Crippen LogP) is 4.45. The summed E-state index contributed by atoms with van der Waals surface area (Å²) in [5.74, 6) is 0.322. The van der Waals surface area contributed by atoms with Crippen molar-refractivity contribution in [2.45, 2.75) is 19.8 Å². The predicted molar refractivity (Wildman–Crippen MR) is 117 cm³/mol. The Bertz CT molecular complexity index is 1290. The fourth-order valence-corrected chi connectivity index (χ4v) is 3.47. The van der Waals surface area contributed by atoms with Crippen LogP contribution in [0.2, 0.25) is 0 Å². The normalized spacial score (nSPS) is 10.9. The number of furan rings is 1. The molecule has 1 N–H and O–H groups in total. The topological polar surface area (TPSA) is 69.2 Å². The van der Waals surface area contributed by atoms with E-state index in [0.29, 0.717) is 29.2 Å². The first-order chi connectivity index (χ1) is 15.0. The molecule has 2 heterocycles. The van der Waals surface area contributed by atoms with Gasteiger partial charge in [0.25, 0.3) is 5.56 Å². The second kappa shape index (κ2) is 8.47. The number of nitrogens with one attached hydrogen (secondary N) is 1. The van der Waals surface area contributed by atoms with E-state index in [9.17, 15) is 14.0 Å². The average Bonchev–Trinajstić information content (AvgIpc) is 3.32. The van der Waals surface area contributed by atoms with Crippen LogP contribution in [0.5, 0.6) is 0 Å². The molecule has 4 aromatic rings. The van der Waals surface area contributed by atoms with Gasteiger partial charge in [-0.05, 0) is 43.3 Å². The van der Waals surface area contributed by atoms with E-state index in [1.54, 1.807) is 49.0 Å². The molecule has 31 heavy (non-hydrogen) atoms. The van der Waals surface area contributed by atoms with Gasteiger partial charge in [0.1, 0.15) is 23.0 Å². The van der Waals surface area contributed by atoms with Gasteiger partial charge < -0.3 is 9.73 Å². The number of hydrogen-bond acceptors (Lipinski definition) is 3. The number of carbonyl (C=O) groups is 1. The lowest BCUT2D eigenvalue weighted by molar-refractivity contribution is -0.116. The van der Waals surface area contributed by atoms with E-state index in [0.717, 1.165) is 5.69 Å². The summed E-state index contributed by atoms with van der Waals surface area (Å²) in [4.78, 5) is 25.4. The van der Waals surface area contributed by atoms with Gasteiger partial charge in [-0.15, -0.1) is 0 Å². The van der Waals surface area contributed by atoms with Crippen LogP contribution in [0.4, 0.5) is 10.1 Å². The van der Waals surface area contributed by atoms with E-state index in [2.05, 4.69) is 5.32 Å². The summed E-state index contributed by atoms with van der Waals surface area (Å²) in [5, 5.41) is 2.73. The third-order valence-corrected chi connectivity index (χ3v) is 5.22. The second-order valence-electron chi connectivity index (χ2n) is 7.23. The van der Waals surface area contributed by atoms with Crippen molar-refractivity contribution in [2.75, 3.05) is 5.32 Å². The molecule has 6 nitrogen and oxygen atoms in total. The van der Waals surface area contributed by atoms with E-state index in [4.69, 9.17) is 4.42 Å². The Balaban J connectivity index is 1.46. The van der Waals surface area contributed by atoms with Crippen LogP contribution in [-0.4, -0.2) is 15.3 Å². The van der Waals surface area contributed by atoms with Crippen LogP contribution in [-0.2, 0) is 18.3 Å². The molecule has 0 aliphatic heterocycles. The number of amides is 1. The summed E-state index contributed by atoms with van der Waals surface area (Å²) in [6.45, 7) is 1.78. The minimum atomic E-state index is -0.365. The molecule has 158 valence electrons. The average molecular weight is 419 g/mol. The lowest BCUT2D eigenvalue weighted by atomic mass is 10.1. The van der Waals surface area contributed by atoms with Crippen molar-refractivity contribution in [1.29, 1.82) is 0 Å². The molecule has 0 bridgehead atoms. The van der Waals surface area contributed by atoms with E-state index in [-0.39, 0.29) is 29.4 Å². The number of nitrogens with zero attached hydrogens (tertiary/aromatic N) is 2. The highest BCUT2D eigenvalue weighted by molar-refractivity contribution is 5.91. The van der Waals surface area contributed by atoms with Crippen molar-refractivity contribution < 1.29 is 13.6 Å². The molecule has 0 unspecified atom stereocenters. The Hall–Kier alpha value is -3.87. The molecule has 1 amide bonds. The maximum atomic E-state index is 13.9. The molecule has 4 rings (SSSR count). The Morgan fingerprint density at radius 3 is 2.48 bits per heavy atom. The number of hydrogen-bond donors (Lipinski definition) is 1. The molecule has 0 saturated carbocycles. The zero-order valence-corrected chi connectivity index (χ0v) is 17.3. The number of para-hydroxylation sites is 1. The Labute approximate surface area is 178 Å². The molecule has 0 aliphatic carbocycles. The number of aromatic nitrogens is 2. The van der Waals surface area contributed by atoms with Gasteiger partial charge in [-0.1, -0.05) is 30.3 Å². The molecule has 0 spiro atoms. The van der Waals surface area contributed by atoms with Crippen LogP contribution < -0.4 is 10.9 Å².